The fourth-order valence-electron chi connectivity index (χ4n) is 4.36. The lowest BCUT2D eigenvalue weighted by atomic mass is 10.0. The van der Waals surface area contributed by atoms with Crippen molar-refractivity contribution in [1.29, 1.82) is 0 Å². The summed E-state index contributed by atoms with van der Waals surface area (Å²) in [5, 5.41) is 3.61. The molecule has 41 heavy (non-hydrogen) atoms. The fraction of sp³-hybridized carbons (Fsp3) is 0.161. The predicted octanol–water partition coefficient (Wildman–Crippen LogP) is 5.57. The summed E-state index contributed by atoms with van der Waals surface area (Å²) in [6.45, 7) is -0.491. The summed E-state index contributed by atoms with van der Waals surface area (Å²) in [6.07, 6.45) is 0.228. The summed E-state index contributed by atoms with van der Waals surface area (Å²) in [6, 6.07) is 29.4. The molecule has 0 saturated heterocycles. The van der Waals surface area contributed by atoms with Gasteiger partial charge in [-0.1, -0.05) is 83.9 Å². The van der Waals surface area contributed by atoms with Crippen LogP contribution in [0.5, 0.6) is 0 Å². The van der Waals surface area contributed by atoms with Crippen LogP contribution in [0.3, 0.4) is 0 Å². The van der Waals surface area contributed by atoms with Crippen LogP contribution < -0.4 is 9.62 Å². The van der Waals surface area contributed by atoms with Gasteiger partial charge in [-0.25, -0.2) is 8.42 Å². The molecule has 0 aliphatic rings. The average Bonchev–Trinajstić information content (AvgIpc) is 2.99. The van der Waals surface area contributed by atoms with Crippen molar-refractivity contribution >= 4 is 50.7 Å². The van der Waals surface area contributed by atoms with Gasteiger partial charge in [0, 0.05) is 30.1 Å². The molecular weight excluding hydrogens is 581 g/mol. The third kappa shape index (κ3) is 7.67. The molecule has 0 unspecified atom stereocenters. The smallest absolute Gasteiger partial charge is 0.264 e. The minimum absolute atomic E-state index is 0.0270. The molecule has 4 aromatic rings. The highest BCUT2D eigenvalue weighted by Gasteiger charge is 2.34. The molecule has 212 valence electrons. The van der Waals surface area contributed by atoms with E-state index in [9.17, 15) is 18.0 Å². The van der Waals surface area contributed by atoms with E-state index in [1.807, 2.05) is 30.3 Å². The number of halogens is 2. The third-order valence-corrected chi connectivity index (χ3v) is 8.80. The second-order valence-electron chi connectivity index (χ2n) is 9.27. The van der Waals surface area contributed by atoms with Gasteiger partial charge in [-0.3, -0.25) is 13.9 Å². The molecule has 0 aliphatic carbocycles. The van der Waals surface area contributed by atoms with Crippen molar-refractivity contribution in [3.63, 3.8) is 0 Å². The molecule has 0 fully saturated rings. The monoisotopic (exact) mass is 609 g/mol. The second kappa shape index (κ2) is 13.7. The van der Waals surface area contributed by atoms with Crippen LogP contribution in [-0.2, 0) is 32.6 Å². The lowest BCUT2D eigenvalue weighted by Gasteiger charge is -2.33. The maximum absolute atomic E-state index is 14.2. The van der Waals surface area contributed by atoms with Crippen molar-refractivity contribution in [2.75, 3.05) is 17.9 Å². The maximum atomic E-state index is 14.2. The minimum atomic E-state index is -4.16. The van der Waals surface area contributed by atoms with E-state index in [1.165, 1.54) is 24.1 Å². The SMILES string of the molecule is CNC(=O)[C@H](Cc1ccccc1)N(Cc1ccc(Cl)cc1)C(=O)CN(c1ccc(Cl)cc1)S(=O)(=O)c1ccccc1. The van der Waals surface area contributed by atoms with Crippen LogP contribution in [0.2, 0.25) is 10.0 Å². The number of rotatable bonds is 11. The van der Waals surface area contributed by atoms with E-state index in [0.29, 0.717) is 10.0 Å². The van der Waals surface area contributed by atoms with Crippen LogP contribution in [0, 0.1) is 0 Å². The number of nitrogens with zero attached hydrogens (tertiary/aromatic N) is 2. The first-order chi connectivity index (χ1) is 19.7. The number of benzene rings is 4. The largest absolute Gasteiger partial charge is 0.357 e. The summed E-state index contributed by atoms with van der Waals surface area (Å²) in [5.41, 5.74) is 1.84. The number of sulfonamides is 1. The Hall–Kier alpha value is -3.85. The van der Waals surface area contributed by atoms with Crippen molar-refractivity contribution in [3.8, 4) is 0 Å². The van der Waals surface area contributed by atoms with E-state index in [4.69, 9.17) is 23.2 Å². The summed E-state index contributed by atoms with van der Waals surface area (Å²) < 4.78 is 28.7. The second-order valence-corrected chi connectivity index (χ2v) is 12.0. The van der Waals surface area contributed by atoms with Gasteiger partial charge in [0.1, 0.15) is 12.6 Å². The molecular formula is C31H29Cl2N3O4S. The van der Waals surface area contributed by atoms with Gasteiger partial charge in [0.15, 0.2) is 0 Å². The van der Waals surface area contributed by atoms with E-state index in [2.05, 4.69) is 5.32 Å². The predicted molar refractivity (Wildman–Crippen MR) is 162 cm³/mol. The zero-order chi connectivity index (χ0) is 29.4. The molecule has 7 nitrogen and oxygen atoms in total. The van der Waals surface area contributed by atoms with Crippen LogP contribution in [0.1, 0.15) is 11.1 Å². The van der Waals surface area contributed by atoms with Crippen LogP contribution in [0.15, 0.2) is 114 Å². The maximum Gasteiger partial charge on any atom is 0.264 e. The van der Waals surface area contributed by atoms with E-state index in [0.717, 1.165) is 15.4 Å². The van der Waals surface area contributed by atoms with E-state index >= 15 is 0 Å². The van der Waals surface area contributed by atoms with Crippen LogP contribution in [0.4, 0.5) is 5.69 Å². The first-order valence-corrected chi connectivity index (χ1v) is 15.0. The van der Waals surface area contributed by atoms with Crippen LogP contribution in [-0.4, -0.2) is 44.8 Å². The molecule has 0 aromatic heterocycles. The topological polar surface area (TPSA) is 86.8 Å². The van der Waals surface area contributed by atoms with E-state index in [1.54, 1.807) is 66.7 Å². The Morgan fingerprint density at radius 2 is 1.29 bits per heavy atom. The van der Waals surface area contributed by atoms with E-state index < -0.39 is 28.5 Å². The van der Waals surface area contributed by atoms with Crippen LogP contribution in [0.25, 0.3) is 0 Å². The number of anilines is 1. The molecule has 10 heteroatoms. The Bertz CT molecular complexity index is 1570. The first kappa shape index (κ1) is 30.1. The standard InChI is InChI=1S/C31H29Cl2N3O4S/c1-34-31(38)29(20-23-8-4-2-5-9-23)35(21-24-12-14-25(32)15-13-24)30(37)22-36(27-18-16-26(33)17-19-27)41(39,40)28-10-6-3-7-11-28/h2-19,29H,20-22H2,1H3,(H,34,38)/t29-/m0/s1. The number of hydrogen-bond acceptors (Lipinski definition) is 4. The molecule has 4 aromatic carbocycles. The quantitative estimate of drug-likeness (QED) is 0.241. The van der Waals surface area contributed by atoms with Gasteiger partial charge in [0.25, 0.3) is 10.0 Å². The molecule has 0 spiro atoms. The number of likely N-dealkylation sites (N-methyl/N-ethyl adjacent to an activating group) is 1. The summed E-state index contributed by atoms with van der Waals surface area (Å²) in [7, 11) is -2.65. The highest BCUT2D eigenvalue weighted by atomic mass is 35.5. The Morgan fingerprint density at radius 1 is 0.756 bits per heavy atom. The van der Waals surface area contributed by atoms with Crippen molar-refractivity contribution in [2.45, 2.75) is 23.9 Å². The Kier molecular flexibility index (Phi) is 10.0. The molecule has 0 radical (unpaired) electrons. The number of carbonyl (C=O) groups excluding carboxylic acids is 2. The normalized spacial score (nSPS) is 11.9. The van der Waals surface area contributed by atoms with E-state index in [-0.39, 0.29) is 29.5 Å². The number of hydrogen-bond donors (Lipinski definition) is 1. The van der Waals surface area contributed by atoms with Crippen molar-refractivity contribution in [3.05, 3.63) is 130 Å². The highest BCUT2D eigenvalue weighted by molar-refractivity contribution is 7.92. The van der Waals surface area contributed by atoms with Gasteiger partial charge in [-0.05, 0) is 59.7 Å². The van der Waals surface area contributed by atoms with Crippen molar-refractivity contribution < 1.29 is 18.0 Å². The fourth-order valence-corrected chi connectivity index (χ4v) is 6.05. The Balaban J connectivity index is 1.77. The van der Waals surface area contributed by atoms with Crippen LogP contribution >= 0.6 is 23.2 Å². The molecule has 1 atom stereocenters. The van der Waals surface area contributed by atoms with Crippen molar-refractivity contribution in [1.82, 2.24) is 10.2 Å². The molecule has 0 bridgehead atoms. The molecule has 0 saturated carbocycles. The number of amides is 2. The van der Waals surface area contributed by atoms with Gasteiger partial charge in [-0.15, -0.1) is 0 Å². The van der Waals surface area contributed by atoms with Gasteiger partial charge in [0.05, 0.1) is 10.6 Å². The minimum Gasteiger partial charge on any atom is -0.357 e. The number of nitrogens with one attached hydrogen (secondary N) is 1. The zero-order valence-electron chi connectivity index (χ0n) is 22.3. The van der Waals surface area contributed by atoms with Gasteiger partial charge >= 0.3 is 0 Å². The molecule has 0 aliphatic heterocycles. The third-order valence-electron chi connectivity index (χ3n) is 6.51. The van der Waals surface area contributed by atoms with Crippen molar-refractivity contribution in [2.24, 2.45) is 0 Å². The lowest BCUT2D eigenvalue weighted by molar-refractivity contribution is -0.139. The Labute approximate surface area is 250 Å². The zero-order valence-corrected chi connectivity index (χ0v) is 24.6. The van der Waals surface area contributed by atoms with Gasteiger partial charge in [0.2, 0.25) is 11.8 Å². The molecule has 2 amide bonds. The van der Waals surface area contributed by atoms with Gasteiger partial charge < -0.3 is 10.2 Å². The average molecular weight is 611 g/mol. The lowest BCUT2D eigenvalue weighted by Crippen LogP contribution is -2.53. The molecule has 4 rings (SSSR count). The molecule has 1 N–H and O–H groups in total. The first-order valence-electron chi connectivity index (χ1n) is 12.8. The molecule has 0 heterocycles. The summed E-state index contributed by atoms with van der Waals surface area (Å²) in [4.78, 5) is 28.9. The summed E-state index contributed by atoms with van der Waals surface area (Å²) >= 11 is 12.2. The highest BCUT2D eigenvalue weighted by Crippen LogP contribution is 2.26. The summed E-state index contributed by atoms with van der Waals surface area (Å²) in [5.74, 6) is -0.931. The van der Waals surface area contributed by atoms with Gasteiger partial charge in [-0.2, -0.15) is 0 Å². The number of carbonyl (C=O) groups is 2. The Morgan fingerprint density at radius 3 is 1.85 bits per heavy atom.